The second-order valence-electron chi connectivity index (χ2n) is 4.85. The van der Waals surface area contributed by atoms with E-state index in [-0.39, 0.29) is 11.7 Å². The Morgan fingerprint density at radius 1 is 1.50 bits per heavy atom. The van der Waals surface area contributed by atoms with Crippen molar-refractivity contribution >= 4 is 5.91 Å². The Hall–Kier alpha value is -2.21. The number of amides is 1. The maximum absolute atomic E-state index is 13.9. The number of nitrogens with zero attached hydrogens (tertiary/aromatic N) is 2. The molecule has 0 aliphatic rings. The van der Waals surface area contributed by atoms with Gasteiger partial charge in [0.25, 0.3) is 5.91 Å². The lowest BCUT2D eigenvalue weighted by molar-refractivity contribution is 0.0953. The number of nitrogen functional groups attached to an aromatic ring is 1. The second kappa shape index (κ2) is 5.83. The summed E-state index contributed by atoms with van der Waals surface area (Å²) in [6, 6.07) is 4.17. The van der Waals surface area contributed by atoms with Crippen LogP contribution < -0.4 is 11.3 Å². The molecule has 0 radical (unpaired) electrons. The van der Waals surface area contributed by atoms with Gasteiger partial charge in [0.15, 0.2) is 0 Å². The third kappa shape index (κ3) is 2.85. The highest BCUT2D eigenvalue weighted by atomic mass is 19.1. The van der Waals surface area contributed by atoms with Crippen LogP contribution in [0.2, 0.25) is 0 Å². The first kappa shape index (κ1) is 14.2. The fraction of sp³-hybridized carbons (Fsp3) is 0.286. The number of aromatic nitrogens is 2. The molecule has 20 heavy (non-hydrogen) atoms. The maximum Gasteiger partial charge on any atom is 0.265 e. The molecule has 2 aromatic rings. The zero-order valence-electron chi connectivity index (χ0n) is 11.4. The number of halogens is 1. The minimum absolute atomic E-state index is 0.239. The van der Waals surface area contributed by atoms with Crippen molar-refractivity contribution in [3.63, 3.8) is 0 Å². The van der Waals surface area contributed by atoms with Gasteiger partial charge in [-0.15, -0.1) is 0 Å². The molecule has 6 heteroatoms. The van der Waals surface area contributed by atoms with Crippen LogP contribution in [0.1, 0.15) is 41.5 Å². The van der Waals surface area contributed by atoms with E-state index in [9.17, 15) is 9.18 Å². The predicted octanol–water partition coefficient (Wildman–Crippen LogP) is 1.80. The van der Waals surface area contributed by atoms with Gasteiger partial charge in [0.05, 0.1) is 6.54 Å². The Kier molecular flexibility index (Phi) is 4.14. The minimum Gasteiger partial charge on any atom is -0.330 e. The quantitative estimate of drug-likeness (QED) is 0.508. The zero-order chi connectivity index (χ0) is 14.7. The first-order chi connectivity index (χ1) is 9.52. The molecule has 0 saturated heterocycles. The smallest absolute Gasteiger partial charge is 0.265 e. The van der Waals surface area contributed by atoms with Crippen molar-refractivity contribution < 1.29 is 9.18 Å². The molecule has 1 amide bonds. The molecule has 0 aliphatic heterocycles. The Balaban J connectivity index is 2.33. The van der Waals surface area contributed by atoms with Gasteiger partial charge in [-0.2, -0.15) is 0 Å². The number of hydrazine groups is 1. The number of hydrogen-bond donors (Lipinski definition) is 2. The summed E-state index contributed by atoms with van der Waals surface area (Å²) >= 11 is 0. The average molecular weight is 276 g/mol. The topological polar surface area (TPSA) is 72.9 Å². The Morgan fingerprint density at radius 3 is 2.90 bits per heavy atom. The molecule has 106 valence electrons. The fourth-order valence-electron chi connectivity index (χ4n) is 2.06. The lowest BCUT2D eigenvalue weighted by Gasteiger charge is -2.12. The maximum atomic E-state index is 13.9. The second-order valence-corrected chi connectivity index (χ2v) is 4.85. The van der Waals surface area contributed by atoms with Gasteiger partial charge in [-0.25, -0.2) is 15.2 Å². The van der Waals surface area contributed by atoms with Crippen LogP contribution in [-0.4, -0.2) is 15.5 Å². The highest BCUT2D eigenvalue weighted by molar-refractivity contribution is 5.93. The van der Waals surface area contributed by atoms with Crippen molar-refractivity contribution in [1.82, 2.24) is 15.0 Å². The van der Waals surface area contributed by atoms with E-state index in [0.29, 0.717) is 17.7 Å². The standard InChI is InChI=1S/C14H17FN4O/c1-9(2)13-17-5-6-19(13)8-11-7-10(14(20)18-16)3-4-12(11)15/h3-7,9H,8,16H2,1-2H3,(H,18,20). The molecule has 0 unspecified atom stereocenters. The lowest BCUT2D eigenvalue weighted by Crippen LogP contribution is -2.30. The summed E-state index contributed by atoms with van der Waals surface area (Å²) in [7, 11) is 0. The van der Waals surface area contributed by atoms with Crippen LogP contribution in [0, 0.1) is 5.82 Å². The van der Waals surface area contributed by atoms with Crippen LogP contribution in [0.25, 0.3) is 0 Å². The number of nitrogens with one attached hydrogen (secondary N) is 1. The monoisotopic (exact) mass is 276 g/mol. The predicted molar refractivity (Wildman–Crippen MR) is 73.5 cm³/mol. The number of hydrogen-bond acceptors (Lipinski definition) is 3. The third-order valence-electron chi connectivity index (χ3n) is 3.04. The van der Waals surface area contributed by atoms with Gasteiger partial charge < -0.3 is 4.57 Å². The summed E-state index contributed by atoms with van der Waals surface area (Å²) in [6.07, 6.45) is 3.48. The van der Waals surface area contributed by atoms with Gasteiger partial charge >= 0.3 is 0 Å². The van der Waals surface area contributed by atoms with Gasteiger partial charge in [-0.05, 0) is 18.2 Å². The number of carbonyl (C=O) groups is 1. The van der Waals surface area contributed by atoms with Gasteiger partial charge in [0.1, 0.15) is 11.6 Å². The molecule has 0 saturated carbocycles. The van der Waals surface area contributed by atoms with Crippen molar-refractivity contribution in [2.45, 2.75) is 26.3 Å². The summed E-state index contributed by atoms with van der Waals surface area (Å²) in [4.78, 5) is 15.7. The molecule has 0 fully saturated rings. The molecular formula is C14H17FN4O. The third-order valence-corrected chi connectivity index (χ3v) is 3.04. The van der Waals surface area contributed by atoms with Crippen LogP contribution in [0.4, 0.5) is 4.39 Å². The Labute approximate surface area is 116 Å². The average Bonchev–Trinajstić information content (AvgIpc) is 2.88. The van der Waals surface area contributed by atoms with Gasteiger partial charge in [-0.1, -0.05) is 13.8 Å². The van der Waals surface area contributed by atoms with Gasteiger partial charge in [0.2, 0.25) is 0 Å². The molecule has 3 N–H and O–H groups in total. The summed E-state index contributed by atoms with van der Waals surface area (Å²) in [6.45, 7) is 4.37. The van der Waals surface area contributed by atoms with Gasteiger partial charge in [0, 0.05) is 29.4 Å². The molecule has 0 spiro atoms. The van der Waals surface area contributed by atoms with Crippen molar-refractivity contribution in [3.8, 4) is 0 Å². The summed E-state index contributed by atoms with van der Waals surface area (Å²) < 4.78 is 15.7. The Morgan fingerprint density at radius 2 is 2.25 bits per heavy atom. The first-order valence-electron chi connectivity index (χ1n) is 6.33. The molecular weight excluding hydrogens is 259 g/mol. The fourth-order valence-corrected chi connectivity index (χ4v) is 2.06. The highest BCUT2D eigenvalue weighted by Crippen LogP contribution is 2.17. The highest BCUT2D eigenvalue weighted by Gasteiger charge is 2.12. The van der Waals surface area contributed by atoms with E-state index < -0.39 is 5.91 Å². The summed E-state index contributed by atoms with van der Waals surface area (Å²) in [5.74, 6) is 5.39. The molecule has 0 aliphatic carbocycles. The van der Waals surface area contributed by atoms with E-state index in [1.165, 1.54) is 18.2 Å². The molecule has 2 rings (SSSR count). The van der Waals surface area contributed by atoms with Crippen molar-refractivity contribution in [3.05, 3.63) is 53.4 Å². The lowest BCUT2D eigenvalue weighted by atomic mass is 10.1. The number of rotatable bonds is 4. The SMILES string of the molecule is CC(C)c1nccn1Cc1cc(C(=O)NN)ccc1F. The van der Waals surface area contributed by atoms with Crippen molar-refractivity contribution in [2.75, 3.05) is 0 Å². The summed E-state index contributed by atoms with van der Waals surface area (Å²) in [5, 5.41) is 0. The number of benzene rings is 1. The van der Waals surface area contributed by atoms with Crippen molar-refractivity contribution in [2.24, 2.45) is 5.84 Å². The minimum atomic E-state index is -0.444. The van der Waals surface area contributed by atoms with E-state index in [0.717, 1.165) is 5.82 Å². The molecule has 1 heterocycles. The van der Waals surface area contributed by atoms with Crippen LogP contribution >= 0.6 is 0 Å². The van der Waals surface area contributed by atoms with Crippen LogP contribution in [0.15, 0.2) is 30.6 Å². The molecule has 5 nitrogen and oxygen atoms in total. The van der Waals surface area contributed by atoms with E-state index in [1.54, 1.807) is 12.4 Å². The number of imidazole rings is 1. The van der Waals surface area contributed by atoms with E-state index in [4.69, 9.17) is 5.84 Å². The molecule has 1 aromatic heterocycles. The summed E-state index contributed by atoms with van der Waals surface area (Å²) in [5.41, 5.74) is 2.79. The van der Waals surface area contributed by atoms with E-state index in [2.05, 4.69) is 4.98 Å². The molecule has 0 atom stereocenters. The first-order valence-corrected chi connectivity index (χ1v) is 6.33. The van der Waals surface area contributed by atoms with Gasteiger partial charge in [-0.3, -0.25) is 10.2 Å². The number of nitrogens with two attached hydrogens (primary N) is 1. The van der Waals surface area contributed by atoms with Crippen LogP contribution in [-0.2, 0) is 6.54 Å². The largest absolute Gasteiger partial charge is 0.330 e. The van der Waals surface area contributed by atoms with Crippen LogP contribution in [0.5, 0.6) is 0 Å². The molecule has 1 aromatic carbocycles. The number of carbonyl (C=O) groups excluding carboxylic acids is 1. The van der Waals surface area contributed by atoms with E-state index >= 15 is 0 Å². The molecule has 0 bridgehead atoms. The normalized spacial score (nSPS) is 10.8. The van der Waals surface area contributed by atoms with E-state index in [1.807, 2.05) is 23.8 Å². The van der Waals surface area contributed by atoms with Crippen LogP contribution in [0.3, 0.4) is 0 Å². The zero-order valence-corrected chi connectivity index (χ0v) is 11.4. The Bertz CT molecular complexity index is 621. The van der Waals surface area contributed by atoms with Crippen molar-refractivity contribution in [1.29, 1.82) is 0 Å².